The molecule has 118 valence electrons. The number of nitrogen functional groups attached to an aromatic ring is 1. The average molecular weight is 301 g/mol. The van der Waals surface area contributed by atoms with E-state index < -0.39 is 0 Å². The molecule has 0 heterocycles. The summed E-state index contributed by atoms with van der Waals surface area (Å²) in [6.45, 7) is 1.90. The van der Waals surface area contributed by atoms with E-state index >= 15 is 0 Å². The lowest BCUT2D eigenvalue weighted by Gasteiger charge is -2.23. The summed E-state index contributed by atoms with van der Waals surface area (Å²) in [6.07, 6.45) is 0. The summed E-state index contributed by atoms with van der Waals surface area (Å²) in [5.41, 5.74) is 9.60. The third-order valence-electron chi connectivity index (χ3n) is 3.45. The van der Waals surface area contributed by atoms with E-state index in [1.165, 1.54) is 0 Å². The highest BCUT2D eigenvalue weighted by atomic mass is 16.3. The number of aliphatic hydroxyl groups excluding tert-OH is 2. The molecular weight excluding hydrogens is 278 g/mol. The molecule has 0 unspecified atom stereocenters. The van der Waals surface area contributed by atoms with E-state index in [0.717, 1.165) is 29.2 Å². The highest BCUT2D eigenvalue weighted by Crippen LogP contribution is 2.16. The second kappa shape index (κ2) is 8.26. The van der Waals surface area contributed by atoms with Crippen molar-refractivity contribution in [2.45, 2.75) is 6.54 Å². The van der Waals surface area contributed by atoms with Gasteiger partial charge in [0.2, 0.25) is 0 Å². The minimum atomic E-state index is 0.0699. The molecule has 2 aromatic carbocycles. The van der Waals surface area contributed by atoms with Crippen LogP contribution >= 0.6 is 0 Å². The molecule has 0 atom stereocenters. The van der Waals surface area contributed by atoms with Crippen LogP contribution in [0.15, 0.2) is 48.5 Å². The summed E-state index contributed by atoms with van der Waals surface area (Å²) >= 11 is 0. The van der Waals surface area contributed by atoms with Gasteiger partial charge in [0.05, 0.1) is 13.2 Å². The molecule has 5 nitrogen and oxygen atoms in total. The zero-order valence-corrected chi connectivity index (χ0v) is 12.6. The summed E-state index contributed by atoms with van der Waals surface area (Å²) in [4.78, 5) is 1.96. The molecule has 5 N–H and O–H groups in total. The SMILES string of the molecule is Nc1ccc(NCc2ccc(N(CCO)CCO)cc2)cc1. The Morgan fingerprint density at radius 3 is 2.00 bits per heavy atom. The predicted molar refractivity (Wildman–Crippen MR) is 91.0 cm³/mol. The van der Waals surface area contributed by atoms with Crippen molar-refractivity contribution in [3.63, 3.8) is 0 Å². The van der Waals surface area contributed by atoms with Crippen LogP contribution in [-0.4, -0.2) is 36.5 Å². The van der Waals surface area contributed by atoms with E-state index in [1.807, 2.05) is 53.4 Å². The van der Waals surface area contributed by atoms with E-state index in [1.54, 1.807) is 0 Å². The molecule has 0 aliphatic carbocycles. The average Bonchev–Trinajstić information content (AvgIpc) is 2.55. The summed E-state index contributed by atoms with van der Waals surface area (Å²) in [7, 11) is 0. The van der Waals surface area contributed by atoms with E-state index in [0.29, 0.717) is 13.1 Å². The van der Waals surface area contributed by atoms with Gasteiger partial charge in [0.1, 0.15) is 0 Å². The highest BCUT2D eigenvalue weighted by molar-refractivity contribution is 5.52. The second-order valence-corrected chi connectivity index (χ2v) is 5.08. The maximum atomic E-state index is 9.07. The van der Waals surface area contributed by atoms with Crippen molar-refractivity contribution < 1.29 is 10.2 Å². The molecule has 22 heavy (non-hydrogen) atoms. The fourth-order valence-electron chi connectivity index (χ4n) is 2.24. The van der Waals surface area contributed by atoms with Crippen molar-refractivity contribution in [1.29, 1.82) is 0 Å². The van der Waals surface area contributed by atoms with Crippen LogP contribution in [0.1, 0.15) is 5.56 Å². The van der Waals surface area contributed by atoms with Gasteiger partial charge in [-0.1, -0.05) is 12.1 Å². The first kappa shape index (κ1) is 16.1. The Labute approximate surface area is 131 Å². The van der Waals surface area contributed by atoms with Gasteiger partial charge in [0.25, 0.3) is 0 Å². The Bertz CT molecular complexity index is 549. The lowest BCUT2D eigenvalue weighted by Crippen LogP contribution is -2.29. The molecule has 0 saturated heterocycles. The third-order valence-corrected chi connectivity index (χ3v) is 3.45. The highest BCUT2D eigenvalue weighted by Gasteiger charge is 2.05. The van der Waals surface area contributed by atoms with Gasteiger partial charge in [-0.3, -0.25) is 0 Å². The number of benzene rings is 2. The van der Waals surface area contributed by atoms with Crippen LogP contribution in [0.25, 0.3) is 0 Å². The second-order valence-electron chi connectivity index (χ2n) is 5.08. The Kier molecular flexibility index (Phi) is 6.06. The van der Waals surface area contributed by atoms with E-state index in [-0.39, 0.29) is 13.2 Å². The number of hydrogen-bond acceptors (Lipinski definition) is 5. The van der Waals surface area contributed by atoms with Gasteiger partial charge < -0.3 is 26.2 Å². The number of anilines is 3. The lowest BCUT2D eigenvalue weighted by molar-refractivity contribution is 0.281. The van der Waals surface area contributed by atoms with Crippen LogP contribution in [0.3, 0.4) is 0 Å². The number of hydrogen-bond donors (Lipinski definition) is 4. The molecule has 0 fully saturated rings. The number of nitrogens with two attached hydrogens (primary N) is 1. The predicted octanol–water partition coefficient (Wildman–Crippen LogP) is 1.67. The standard InChI is InChI=1S/C17H23N3O2/c18-15-3-5-16(6-4-15)19-13-14-1-7-17(8-2-14)20(9-11-21)10-12-22/h1-8,19,21-22H,9-13,18H2. The minimum absolute atomic E-state index is 0.0699. The molecule has 0 aliphatic rings. The Morgan fingerprint density at radius 2 is 1.45 bits per heavy atom. The minimum Gasteiger partial charge on any atom is -0.399 e. The summed E-state index contributed by atoms with van der Waals surface area (Å²) in [6, 6.07) is 15.7. The zero-order valence-electron chi connectivity index (χ0n) is 12.6. The molecule has 2 rings (SSSR count). The van der Waals surface area contributed by atoms with Gasteiger partial charge in [-0.25, -0.2) is 0 Å². The normalized spacial score (nSPS) is 10.5. The Hall–Kier alpha value is -2.24. The number of nitrogens with zero attached hydrogens (tertiary/aromatic N) is 1. The number of nitrogens with one attached hydrogen (secondary N) is 1. The monoisotopic (exact) mass is 301 g/mol. The van der Waals surface area contributed by atoms with Crippen LogP contribution in [0.2, 0.25) is 0 Å². The molecule has 0 spiro atoms. The quantitative estimate of drug-likeness (QED) is 0.558. The van der Waals surface area contributed by atoms with Crippen LogP contribution in [0.4, 0.5) is 17.1 Å². The molecular formula is C17H23N3O2. The van der Waals surface area contributed by atoms with Gasteiger partial charge >= 0.3 is 0 Å². The summed E-state index contributed by atoms with van der Waals surface area (Å²) in [5, 5.41) is 21.5. The van der Waals surface area contributed by atoms with E-state index in [9.17, 15) is 0 Å². The van der Waals surface area contributed by atoms with Crippen molar-refractivity contribution in [2.24, 2.45) is 0 Å². The fraction of sp³-hybridized carbons (Fsp3) is 0.294. The van der Waals surface area contributed by atoms with Gasteiger partial charge in [0.15, 0.2) is 0 Å². The molecule has 0 radical (unpaired) electrons. The Morgan fingerprint density at radius 1 is 0.864 bits per heavy atom. The molecule has 0 saturated carbocycles. The first-order chi connectivity index (χ1) is 10.7. The van der Waals surface area contributed by atoms with Crippen LogP contribution in [0, 0.1) is 0 Å². The number of aliphatic hydroxyl groups is 2. The molecule has 0 amide bonds. The summed E-state index contributed by atoms with van der Waals surface area (Å²) in [5.74, 6) is 0. The molecule has 5 heteroatoms. The van der Waals surface area contributed by atoms with Crippen LogP contribution in [0.5, 0.6) is 0 Å². The fourth-order valence-corrected chi connectivity index (χ4v) is 2.24. The van der Waals surface area contributed by atoms with Crippen molar-refractivity contribution in [3.8, 4) is 0 Å². The van der Waals surface area contributed by atoms with Crippen LogP contribution < -0.4 is 16.0 Å². The largest absolute Gasteiger partial charge is 0.399 e. The smallest absolute Gasteiger partial charge is 0.0606 e. The van der Waals surface area contributed by atoms with Crippen molar-refractivity contribution >= 4 is 17.1 Å². The molecule has 2 aromatic rings. The topological polar surface area (TPSA) is 81.8 Å². The third kappa shape index (κ3) is 4.65. The maximum absolute atomic E-state index is 9.07. The first-order valence-electron chi connectivity index (χ1n) is 7.38. The Balaban J connectivity index is 1.94. The molecule has 0 aromatic heterocycles. The van der Waals surface area contributed by atoms with Gasteiger partial charge in [-0.05, 0) is 42.0 Å². The lowest BCUT2D eigenvalue weighted by atomic mass is 10.2. The van der Waals surface area contributed by atoms with Gasteiger partial charge in [-0.2, -0.15) is 0 Å². The molecule has 0 aliphatic heterocycles. The van der Waals surface area contributed by atoms with E-state index in [4.69, 9.17) is 15.9 Å². The van der Waals surface area contributed by atoms with Crippen molar-refractivity contribution in [3.05, 3.63) is 54.1 Å². The van der Waals surface area contributed by atoms with Crippen molar-refractivity contribution in [1.82, 2.24) is 0 Å². The maximum Gasteiger partial charge on any atom is 0.0606 e. The zero-order chi connectivity index (χ0) is 15.8. The van der Waals surface area contributed by atoms with Crippen LogP contribution in [-0.2, 0) is 6.54 Å². The van der Waals surface area contributed by atoms with Gasteiger partial charge in [0, 0.05) is 36.7 Å². The first-order valence-corrected chi connectivity index (χ1v) is 7.38. The summed E-state index contributed by atoms with van der Waals surface area (Å²) < 4.78 is 0. The molecule has 0 bridgehead atoms. The van der Waals surface area contributed by atoms with Gasteiger partial charge in [-0.15, -0.1) is 0 Å². The number of rotatable bonds is 8. The van der Waals surface area contributed by atoms with E-state index in [2.05, 4.69) is 5.32 Å². The van der Waals surface area contributed by atoms with Crippen molar-refractivity contribution in [2.75, 3.05) is 42.3 Å².